The number of pyridine rings is 1. The number of nitrogens with two attached hydrogens (primary N) is 1. The maximum Gasteiger partial charge on any atom is 0.417 e. The van der Waals surface area contributed by atoms with Gasteiger partial charge in [0.1, 0.15) is 23.4 Å². The van der Waals surface area contributed by atoms with Crippen molar-refractivity contribution in [1.29, 1.82) is 0 Å². The van der Waals surface area contributed by atoms with E-state index in [1.165, 1.54) is 31.5 Å². The molecule has 1 aromatic heterocycles. The molecule has 0 aliphatic carbocycles. The Kier molecular flexibility index (Phi) is 6.64. The summed E-state index contributed by atoms with van der Waals surface area (Å²) in [4.78, 5) is 28.2. The third kappa shape index (κ3) is 4.63. The highest BCUT2D eigenvalue weighted by Gasteiger charge is 2.61. The van der Waals surface area contributed by atoms with Gasteiger partial charge in [-0.1, -0.05) is 13.0 Å². The minimum atomic E-state index is -4.77. The van der Waals surface area contributed by atoms with E-state index in [-0.39, 0.29) is 34.7 Å². The van der Waals surface area contributed by atoms with E-state index >= 15 is 0 Å². The molecule has 178 valence electrons. The topological polar surface area (TPSA) is 104 Å². The molecule has 3 N–H and O–H groups in total. The van der Waals surface area contributed by atoms with Crippen LogP contribution in [0.4, 0.5) is 23.2 Å². The molecular weight excluding hydrogens is 446 g/mol. The van der Waals surface area contributed by atoms with Crippen LogP contribution in [0.2, 0.25) is 0 Å². The molecule has 3 atom stereocenters. The number of carbonyl (C=O) groups excluding carboxylic acids is 2. The van der Waals surface area contributed by atoms with Crippen LogP contribution in [0.3, 0.4) is 0 Å². The number of halogens is 4. The zero-order valence-electron chi connectivity index (χ0n) is 18.1. The second-order valence-electron chi connectivity index (χ2n) is 7.86. The van der Waals surface area contributed by atoms with Crippen LogP contribution in [-0.2, 0) is 16.0 Å². The molecule has 0 bridgehead atoms. The molecule has 3 rings (SSSR count). The number of alkyl halides is 3. The number of hydrogen-bond donors (Lipinski definition) is 2. The lowest BCUT2D eigenvalue weighted by atomic mass is 9.84. The Balaban J connectivity index is 2.03. The van der Waals surface area contributed by atoms with Crippen LogP contribution in [0.15, 0.2) is 30.5 Å². The monoisotopic (exact) mass is 469 g/mol. The second-order valence-corrected chi connectivity index (χ2v) is 7.86. The van der Waals surface area contributed by atoms with Gasteiger partial charge in [-0.05, 0) is 38.0 Å². The summed E-state index contributed by atoms with van der Waals surface area (Å²) >= 11 is 0. The van der Waals surface area contributed by atoms with Crippen molar-refractivity contribution in [2.45, 2.75) is 50.5 Å². The summed E-state index contributed by atoms with van der Waals surface area (Å²) in [7, 11) is 1.29. The van der Waals surface area contributed by atoms with Crippen molar-refractivity contribution in [2.24, 2.45) is 5.73 Å². The van der Waals surface area contributed by atoms with E-state index in [0.29, 0.717) is 0 Å². The summed E-state index contributed by atoms with van der Waals surface area (Å²) in [6.07, 6.45) is -5.47. The second kappa shape index (κ2) is 8.97. The molecule has 1 aliphatic heterocycles. The molecule has 2 heterocycles. The van der Waals surface area contributed by atoms with Crippen LogP contribution in [0.5, 0.6) is 5.75 Å². The first-order valence-corrected chi connectivity index (χ1v) is 10.1. The maximum atomic E-state index is 14.3. The lowest BCUT2D eigenvalue weighted by molar-refractivity contribution is -0.261. The predicted molar refractivity (Wildman–Crippen MR) is 110 cm³/mol. The van der Waals surface area contributed by atoms with Crippen LogP contribution in [-0.4, -0.2) is 41.8 Å². The van der Waals surface area contributed by atoms with Crippen LogP contribution in [0, 0.1) is 5.82 Å². The number of anilines is 1. The summed E-state index contributed by atoms with van der Waals surface area (Å²) in [6.45, 7) is 2.54. The fraction of sp³-hybridized carbons (Fsp3) is 0.409. The zero-order valence-corrected chi connectivity index (χ0v) is 18.1. The predicted octanol–water partition coefficient (Wildman–Crippen LogP) is 3.72. The third-order valence-electron chi connectivity index (χ3n) is 5.69. The smallest absolute Gasteiger partial charge is 0.417 e. The molecule has 0 unspecified atom stereocenters. The summed E-state index contributed by atoms with van der Waals surface area (Å²) in [6, 6.07) is 4.99. The van der Waals surface area contributed by atoms with E-state index in [1.54, 1.807) is 6.92 Å². The molecule has 1 aliphatic rings. The Labute approximate surface area is 187 Å². The number of nitrogens with one attached hydrogen (secondary N) is 1. The highest BCUT2D eigenvalue weighted by molar-refractivity contribution is 5.97. The average Bonchev–Trinajstić information content (AvgIpc) is 3.12. The number of nitrogens with zero attached hydrogens (tertiary/aromatic N) is 1. The van der Waals surface area contributed by atoms with Crippen molar-refractivity contribution in [3.05, 3.63) is 53.1 Å². The lowest BCUT2D eigenvalue weighted by Crippen LogP contribution is -2.43. The summed E-state index contributed by atoms with van der Waals surface area (Å²) in [5.74, 6) is -3.29. The van der Waals surface area contributed by atoms with Crippen LogP contribution in [0.25, 0.3) is 0 Å². The van der Waals surface area contributed by atoms with Crippen molar-refractivity contribution in [1.82, 2.24) is 4.98 Å². The molecule has 7 nitrogen and oxygen atoms in total. The Morgan fingerprint density at radius 3 is 2.61 bits per heavy atom. The van der Waals surface area contributed by atoms with Crippen molar-refractivity contribution in [3.8, 4) is 5.75 Å². The summed E-state index contributed by atoms with van der Waals surface area (Å²) < 4.78 is 66.4. The van der Waals surface area contributed by atoms with Gasteiger partial charge in [-0.3, -0.25) is 14.6 Å². The fourth-order valence-electron chi connectivity index (χ4n) is 3.97. The quantitative estimate of drug-likeness (QED) is 0.628. The van der Waals surface area contributed by atoms with Crippen molar-refractivity contribution in [3.63, 3.8) is 0 Å². The number of ether oxygens (including phenoxy) is 2. The maximum absolute atomic E-state index is 14.3. The molecule has 11 heteroatoms. The highest BCUT2D eigenvalue weighted by Crippen LogP contribution is 2.51. The standard InChI is InChI=1S/C22H23F4N3O4/c1-4-12-15(23)6-5-13(17(12)32-3)14-10-21(2,22(24,25)26)33-18(14)20(31)29-11-7-8-28-16(9-11)19(27)30/h5-9,14,18H,4,10H2,1-3H3,(H2,27,30)(H,28,29,31)/t14-,18+,21-/m0/s1. The third-order valence-corrected chi connectivity index (χ3v) is 5.69. The van der Waals surface area contributed by atoms with Gasteiger partial charge in [-0.25, -0.2) is 4.39 Å². The number of amides is 2. The molecule has 1 fully saturated rings. The Hall–Kier alpha value is -3.21. The van der Waals surface area contributed by atoms with Gasteiger partial charge in [0.25, 0.3) is 11.8 Å². The van der Waals surface area contributed by atoms with Crippen LogP contribution >= 0.6 is 0 Å². The number of aromatic nitrogens is 1. The molecule has 0 spiro atoms. The summed E-state index contributed by atoms with van der Waals surface area (Å²) in [5, 5.41) is 2.45. The van der Waals surface area contributed by atoms with E-state index in [2.05, 4.69) is 10.3 Å². The number of primary amides is 1. The molecule has 1 aromatic carbocycles. The first-order chi connectivity index (χ1) is 15.4. The molecule has 2 aromatic rings. The largest absolute Gasteiger partial charge is 0.496 e. The first kappa shape index (κ1) is 24.4. The molecule has 0 saturated carbocycles. The SMILES string of the molecule is CCc1c(F)ccc([C@@H]2C[C@@](C)(C(F)(F)F)O[C@H]2C(=O)Nc2ccnc(C(N)=O)c2)c1OC. The first-order valence-electron chi connectivity index (χ1n) is 10.1. The Bertz CT molecular complexity index is 1080. The van der Waals surface area contributed by atoms with E-state index in [1.807, 2.05) is 0 Å². The van der Waals surface area contributed by atoms with Gasteiger partial charge in [0.05, 0.1) is 7.11 Å². The Morgan fingerprint density at radius 2 is 2.03 bits per heavy atom. The van der Waals surface area contributed by atoms with E-state index in [4.69, 9.17) is 15.2 Å². The number of hydrogen-bond acceptors (Lipinski definition) is 5. The molecular formula is C22H23F4N3O4. The van der Waals surface area contributed by atoms with Gasteiger partial charge in [-0.15, -0.1) is 0 Å². The van der Waals surface area contributed by atoms with Gasteiger partial charge in [-0.2, -0.15) is 13.2 Å². The minimum absolute atomic E-state index is 0.0789. The van der Waals surface area contributed by atoms with Crippen molar-refractivity contribution >= 4 is 17.5 Å². The molecule has 0 radical (unpaired) electrons. The number of carbonyl (C=O) groups is 2. The zero-order chi connectivity index (χ0) is 24.6. The lowest BCUT2D eigenvalue weighted by Gasteiger charge is -2.27. The van der Waals surface area contributed by atoms with Gasteiger partial charge >= 0.3 is 6.18 Å². The van der Waals surface area contributed by atoms with Crippen molar-refractivity contribution in [2.75, 3.05) is 12.4 Å². The molecule has 1 saturated heterocycles. The van der Waals surface area contributed by atoms with Gasteiger partial charge in [0.15, 0.2) is 5.60 Å². The van der Waals surface area contributed by atoms with Crippen LogP contribution < -0.4 is 15.8 Å². The molecule has 33 heavy (non-hydrogen) atoms. The van der Waals surface area contributed by atoms with Gasteiger partial charge < -0.3 is 20.5 Å². The molecule has 2 amide bonds. The number of rotatable bonds is 6. The fourth-order valence-corrected chi connectivity index (χ4v) is 3.97. The van der Waals surface area contributed by atoms with E-state index in [0.717, 1.165) is 13.0 Å². The van der Waals surface area contributed by atoms with Gasteiger partial charge in [0, 0.05) is 28.9 Å². The van der Waals surface area contributed by atoms with Crippen molar-refractivity contribution < 1.29 is 36.6 Å². The van der Waals surface area contributed by atoms with E-state index in [9.17, 15) is 27.2 Å². The normalized spacial score (nSPS) is 22.8. The summed E-state index contributed by atoms with van der Waals surface area (Å²) in [5.41, 5.74) is 2.95. The number of methoxy groups -OCH3 is 1. The van der Waals surface area contributed by atoms with E-state index < -0.39 is 47.9 Å². The average molecular weight is 469 g/mol. The highest BCUT2D eigenvalue weighted by atomic mass is 19.4. The van der Waals surface area contributed by atoms with Gasteiger partial charge in [0.2, 0.25) is 0 Å². The van der Waals surface area contributed by atoms with Crippen LogP contribution in [0.1, 0.15) is 47.8 Å². The number of benzene rings is 1. The minimum Gasteiger partial charge on any atom is -0.496 e. The Morgan fingerprint density at radius 1 is 1.33 bits per heavy atom.